The van der Waals surface area contributed by atoms with Gasteiger partial charge in [0.2, 0.25) is 0 Å². The lowest BCUT2D eigenvalue weighted by Gasteiger charge is -2.32. The Kier molecular flexibility index (Phi) is 3.99. The minimum atomic E-state index is 0.0144. The largest absolute Gasteiger partial charge is 0.409 e. The molecule has 0 bridgehead atoms. The second kappa shape index (κ2) is 5.68. The smallest absolute Gasteiger partial charge is 0.188 e. The maximum absolute atomic E-state index is 9.09. The van der Waals surface area contributed by atoms with E-state index < -0.39 is 0 Å². The van der Waals surface area contributed by atoms with Gasteiger partial charge in [-0.25, -0.2) is 0 Å². The SMILES string of the molecule is N/C(=N/O)c1ccc(N2CCC(CO)CC2)cn1. The van der Waals surface area contributed by atoms with E-state index in [4.69, 9.17) is 16.0 Å². The molecule has 1 fully saturated rings. The molecule has 0 spiro atoms. The van der Waals surface area contributed by atoms with Gasteiger partial charge in [0, 0.05) is 19.7 Å². The zero-order chi connectivity index (χ0) is 13.0. The Bertz CT molecular complexity index is 411. The summed E-state index contributed by atoms with van der Waals surface area (Å²) in [6, 6.07) is 3.65. The van der Waals surface area contributed by atoms with Gasteiger partial charge in [-0.1, -0.05) is 5.16 Å². The molecule has 4 N–H and O–H groups in total. The number of hydrogen-bond donors (Lipinski definition) is 3. The standard InChI is InChI=1S/C12H18N4O2/c13-12(15-18)11-2-1-10(7-14-11)16-5-3-9(8-17)4-6-16/h1-2,7,9,17-18H,3-6,8H2,(H2,13,15). The normalized spacial score (nSPS) is 18.1. The van der Waals surface area contributed by atoms with Crippen molar-refractivity contribution >= 4 is 11.5 Å². The number of nitrogens with zero attached hydrogens (tertiary/aromatic N) is 3. The molecule has 0 aromatic carbocycles. The molecule has 0 amide bonds. The molecule has 0 radical (unpaired) electrons. The number of aromatic nitrogens is 1. The average Bonchev–Trinajstić information content (AvgIpc) is 2.47. The van der Waals surface area contributed by atoms with Crippen LogP contribution in [0.15, 0.2) is 23.5 Å². The van der Waals surface area contributed by atoms with Gasteiger partial charge in [0.1, 0.15) is 5.69 Å². The predicted octanol–water partition coefficient (Wildman–Crippen LogP) is 0.385. The minimum absolute atomic E-state index is 0.0144. The molecule has 2 heterocycles. The van der Waals surface area contributed by atoms with Gasteiger partial charge >= 0.3 is 0 Å². The van der Waals surface area contributed by atoms with E-state index in [1.165, 1.54) is 0 Å². The van der Waals surface area contributed by atoms with Gasteiger partial charge in [0.25, 0.3) is 0 Å². The lowest BCUT2D eigenvalue weighted by Crippen LogP contribution is -2.34. The fourth-order valence-electron chi connectivity index (χ4n) is 2.15. The molecule has 1 aromatic heterocycles. The third-order valence-electron chi connectivity index (χ3n) is 3.36. The van der Waals surface area contributed by atoms with Gasteiger partial charge in [-0.2, -0.15) is 0 Å². The molecule has 1 aromatic rings. The molecule has 1 saturated heterocycles. The topological polar surface area (TPSA) is 95.0 Å². The van der Waals surface area contributed by atoms with Crippen LogP contribution < -0.4 is 10.6 Å². The van der Waals surface area contributed by atoms with E-state index in [2.05, 4.69) is 15.0 Å². The van der Waals surface area contributed by atoms with Gasteiger partial charge in [0.15, 0.2) is 5.84 Å². The first-order chi connectivity index (χ1) is 8.74. The van der Waals surface area contributed by atoms with Gasteiger partial charge in [-0.05, 0) is 30.9 Å². The van der Waals surface area contributed by atoms with E-state index in [0.717, 1.165) is 31.6 Å². The maximum Gasteiger partial charge on any atom is 0.188 e. The van der Waals surface area contributed by atoms with Crippen molar-refractivity contribution in [1.29, 1.82) is 0 Å². The van der Waals surface area contributed by atoms with Crippen molar-refractivity contribution in [2.45, 2.75) is 12.8 Å². The summed E-state index contributed by atoms with van der Waals surface area (Å²) in [5.74, 6) is 0.436. The minimum Gasteiger partial charge on any atom is -0.409 e. The Morgan fingerprint density at radius 3 is 2.67 bits per heavy atom. The van der Waals surface area contributed by atoms with Crippen LogP contribution in [0.4, 0.5) is 5.69 Å². The Balaban J connectivity index is 2.02. The Morgan fingerprint density at radius 1 is 1.44 bits per heavy atom. The number of oxime groups is 1. The highest BCUT2D eigenvalue weighted by Crippen LogP contribution is 2.22. The summed E-state index contributed by atoms with van der Waals surface area (Å²) in [4.78, 5) is 6.39. The van der Waals surface area contributed by atoms with Crippen molar-refractivity contribution in [3.05, 3.63) is 24.0 Å². The van der Waals surface area contributed by atoms with Crippen LogP contribution in [-0.4, -0.2) is 40.8 Å². The van der Waals surface area contributed by atoms with E-state index in [0.29, 0.717) is 11.6 Å². The first-order valence-electron chi connectivity index (χ1n) is 6.04. The van der Waals surface area contributed by atoms with Crippen LogP contribution in [0, 0.1) is 5.92 Å². The van der Waals surface area contributed by atoms with E-state index in [9.17, 15) is 0 Å². The number of rotatable bonds is 3. The number of nitrogens with two attached hydrogens (primary N) is 1. The van der Waals surface area contributed by atoms with Gasteiger partial charge in [-0.3, -0.25) is 4.98 Å². The molecule has 6 heteroatoms. The molecule has 6 nitrogen and oxygen atoms in total. The summed E-state index contributed by atoms with van der Waals surface area (Å²) in [6.45, 7) is 2.13. The van der Waals surface area contributed by atoms with Crippen LogP contribution in [0.2, 0.25) is 0 Å². The number of aliphatic hydroxyl groups excluding tert-OH is 1. The quantitative estimate of drug-likeness (QED) is 0.312. The first kappa shape index (κ1) is 12.6. The molecule has 0 atom stereocenters. The van der Waals surface area contributed by atoms with E-state index in [1.54, 1.807) is 12.3 Å². The average molecular weight is 250 g/mol. The van der Waals surface area contributed by atoms with Gasteiger partial charge < -0.3 is 20.9 Å². The van der Waals surface area contributed by atoms with E-state index >= 15 is 0 Å². The van der Waals surface area contributed by atoms with Crippen LogP contribution in [0.1, 0.15) is 18.5 Å². The molecular weight excluding hydrogens is 232 g/mol. The Hall–Kier alpha value is -1.82. The van der Waals surface area contributed by atoms with Crippen molar-refractivity contribution in [2.24, 2.45) is 16.8 Å². The van der Waals surface area contributed by atoms with Gasteiger partial charge in [0.05, 0.1) is 11.9 Å². The second-order valence-electron chi connectivity index (χ2n) is 4.50. The highest BCUT2D eigenvalue weighted by molar-refractivity contribution is 5.95. The Labute approximate surface area is 106 Å². The summed E-state index contributed by atoms with van der Waals surface area (Å²) >= 11 is 0. The van der Waals surface area contributed by atoms with Crippen molar-refractivity contribution < 1.29 is 10.3 Å². The molecule has 0 unspecified atom stereocenters. The molecule has 98 valence electrons. The molecule has 1 aliphatic heterocycles. The monoisotopic (exact) mass is 250 g/mol. The van der Waals surface area contributed by atoms with Crippen molar-refractivity contribution in [3.63, 3.8) is 0 Å². The molecule has 2 rings (SSSR count). The first-order valence-corrected chi connectivity index (χ1v) is 6.04. The highest BCUT2D eigenvalue weighted by Gasteiger charge is 2.18. The molecular formula is C12H18N4O2. The third kappa shape index (κ3) is 2.70. The summed E-state index contributed by atoms with van der Waals surface area (Å²) in [6.07, 6.45) is 3.73. The molecule has 1 aliphatic rings. The molecule has 18 heavy (non-hydrogen) atoms. The fourth-order valence-corrected chi connectivity index (χ4v) is 2.15. The zero-order valence-corrected chi connectivity index (χ0v) is 10.2. The number of amidine groups is 1. The summed E-state index contributed by atoms with van der Waals surface area (Å²) < 4.78 is 0. The Morgan fingerprint density at radius 2 is 2.17 bits per heavy atom. The van der Waals surface area contributed by atoms with Crippen molar-refractivity contribution in [3.8, 4) is 0 Å². The van der Waals surface area contributed by atoms with Crippen molar-refractivity contribution in [1.82, 2.24) is 4.98 Å². The number of piperidine rings is 1. The van der Waals surface area contributed by atoms with Crippen LogP contribution in [0.5, 0.6) is 0 Å². The third-order valence-corrected chi connectivity index (χ3v) is 3.36. The second-order valence-corrected chi connectivity index (χ2v) is 4.50. The zero-order valence-electron chi connectivity index (χ0n) is 10.2. The van der Waals surface area contributed by atoms with E-state index in [-0.39, 0.29) is 12.4 Å². The summed E-state index contributed by atoms with van der Waals surface area (Å²) in [5, 5.41) is 20.6. The van der Waals surface area contributed by atoms with Crippen molar-refractivity contribution in [2.75, 3.05) is 24.6 Å². The summed E-state index contributed by atoms with van der Waals surface area (Å²) in [5.41, 5.74) is 6.95. The number of hydrogen-bond acceptors (Lipinski definition) is 5. The van der Waals surface area contributed by atoms with E-state index in [1.807, 2.05) is 6.07 Å². The van der Waals surface area contributed by atoms with Crippen LogP contribution in [0.25, 0.3) is 0 Å². The van der Waals surface area contributed by atoms with Crippen LogP contribution >= 0.6 is 0 Å². The fraction of sp³-hybridized carbons (Fsp3) is 0.500. The number of aliphatic hydroxyl groups is 1. The van der Waals surface area contributed by atoms with Crippen LogP contribution in [0.3, 0.4) is 0 Å². The molecule has 0 saturated carbocycles. The summed E-state index contributed by atoms with van der Waals surface area (Å²) in [7, 11) is 0. The molecule has 0 aliphatic carbocycles. The van der Waals surface area contributed by atoms with Crippen LogP contribution in [-0.2, 0) is 0 Å². The number of pyridine rings is 1. The lowest BCUT2D eigenvalue weighted by molar-refractivity contribution is 0.203. The maximum atomic E-state index is 9.09. The lowest BCUT2D eigenvalue weighted by atomic mass is 9.98. The van der Waals surface area contributed by atoms with Gasteiger partial charge in [-0.15, -0.1) is 0 Å². The highest BCUT2D eigenvalue weighted by atomic mass is 16.4. The predicted molar refractivity (Wildman–Crippen MR) is 68.8 cm³/mol. The number of anilines is 1.